The first kappa shape index (κ1) is 14.9. The minimum atomic E-state index is 0.763. The molecule has 4 nitrogen and oxygen atoms in total. The normalized spacial score (nSPS) is 18.3. The summed E-state index contributed by atoms with van der Waals surface area (Å²) in [7, 11) is 2.16. The van der Waals surface area contributed by atoms with Gasteiger partial charge in [-0.2, -0.15) is 0 Å². The second-order valence-corrected chi connectivity index (χ2v) is 7.34. The summed E-state index contributed by atoms with van der Waals surface area (Å²) in [6.07, 6.45) is 1.28. The monoisotopic (exact) mass is 327 g/mol. The number of hydrogen-bond acceptors (Lipinski definition) is 5. The largest absolute Gasteiger partial charge is 0.457 e. The van der Waals surface area contributed by atoms with E-state index in [1.807, 2.05) is 24.3 Å². The Bertz CT molecular complexity index is 755. The molecule has 0 spiro atoms. The molecular formula is C18H21N3OS. The van der Waals surface area contributed by atoms with Crippen molar-refractivity contribution in [3.8, 4) is 10.8 Å². The highest BCUT2D eigenvalue weighted by molar-refractivity contribution is 7.21. The fraction of sp³-hybridized carbons (Fsp3) is 0.389. The van der Waals surface area contributed by atoms with Gasteiger partial charge in [0.2, 0.25) is 0 Å². The average molecular weight is 327 g/mol. The Labute approximate surface area is 140 Å². The molecular weight excluding hydrogens is 306 g/mol. The van der Waals surface area contributed by atoms with E-state index in [1.165, 1.54) is 11.1 Å². The number of rotatable bonds is 5. The molecule has 3 aromatic rings. The number of nitrogens with zero attached hydrogens (tertiary/aromatic N) is 2. The summed E-state index contributed by atoms with van der Waals surface area (Å²) in [5.74, 6) is 2.64. The molecule has 0 saturated carbocycles. The molecule has 1 aliphatic heterocycles. The van der Waals surface area contributed by atoms with Crippen molar-refractivity contribution in [3.05, 3.63) is 42.2 Å². The summed E-state index contributed by atoms with van der Waals surface area (Å²) in [5.41, 5.74) is 1.04. The minimum Gasteiger partial charge on any atom is -0.457 e. The van der Waals surface area contributed by atoms with Gasteiger partial charge in [-0.15, -0.1) is 11.3 Å². The Morgan fingerprint density at radius 2 is 2.22 bits per heavy atom. The zero-order valence-corrected chi connectivity index (χ0v) is 14.1. The van der Waals surface area contributed by atoms with Gasteiger partial charge in [0.1, 0.15) is 5.76 Å². The number of benzene rings is 1. The molecule has 1 aliphatic rings. The van der Waals surface area contributed by atoms with Crippen molar-refractivity contribution in [2.75, 3.05) is 26.7 Å². The molecule has 23 heavy (non-hydrogen) atoms. The van der Waals surface area contributed by atoms with E-state index in [4.69, 9.17) is 4.42 Å². The fourth-order valence-electron chi connectivity index (χ4n) is 3.20. The number of fused-ring (bicyclic) bond motifs is 1. The van der Waals surface area contributed by atoms with E-state index >= 15 is 0 Å². The van der Waals surface area contributed by atoms with Gasteiger partial charge in [-0.3, -0.25) is 4.90 Å². The molecule has 0 aliphatic carbocycles. The summed E-state index contributed by atoms with van der Waals surface area (Å²) in [5, 5.41) is 4.38. The molecule has 1 unspecified atom stereocenters. The maximum absolute atomic E-state index is 6.03. The lowest BCUT2D eigenvalue weighted by Gasteiger charge is -2.18. The first-order chi connectivity index (χ1) is 11.3. The van der Waals surface area contributed by atoms with Crippen LogP contribution in [-0.2, 0) is 6.54 Å². The van der Waals surface area contributed by atoms with E-state index in [1.54, 1.807) is 11.3 Å². The number of thiazole rings is 1. The van der Waals surface area contributed by atoms with Crippen molar-refractivity contribution in [2.24, 2.45) is 5.92 Å². The van der Waals surface area contributed by atoms with Crippen LogP contribution in [0.2, 0.25) is 0 Å². The minimum absolute atomic E-state index is 0.763. The van der Waals surface area contributed by atoms with Gasteiger partial charge < -0.3 is 9.73 Å². The van der Waals surface area contributed by atoms with Crippen LogP contribution in [0.15, 0.2) is 40.8 Å². The van der Waals surface area contributed by atoms with Crippen LogP contribution in [0.25, 0.3) is 21.0 Å². The second kappa shape index (κ2) is 6.43. The Morgan fingerprint density at radius 3 is 3.04 bits per heavy atom. The molecule has 1 aromatic carbocycles. The lowest BCUT2D eigenvalue weighted by molar-refractivity contribution is 0.258. The Morgan fingerprint density at radius 1 is 1.30 bits per heavy atom. The number of hydrogen-bond donors (Lipinski definition) is 1. The lowest BCUT2D eigenvalue weighted by Crippen LogP contribution is -2.26. The van der Waals surface area contributed by atoms with E-state index in [0.29, 0.717) is 0 Å². The molecule has 1 atom stereocenters. The molecule has 0 amide bonds. The van der Waals surface area contributed by atoms with Crippen LogP contribution in [0, 0.1) is 5.92 Å². The number of para-hydroxylation sites is 1. The highest BCUT2D eigenvalue weighted by atomic mass is 32.1. The van der Waals surface area contributed by atoms with Gasteiger partial charge in [-0.05, 0) is 56.7 Å². The molecule has 3 heterocycles. The third-order valence-corrected chi connectivity index (χ3v) is 5.38. The summed E-state index contributed by atoms with van der Waals surface area (Å²) in [4.78, 5) is 7.01. The van der Waals surface area contributed by atoms with Crippen molar-refractivity contribution in [1.29, 1.82) is 0 Å². The summed E-state index contributed by atoms with van der Waals surface area (Å²) >= 11 is 1.68. The van der Waals surface area contributed by atoms with Gasteiger partial charge >= 0.3 is 0 Å². The standard InChI is InChI=1S/C18H21N3OS/c1-21(11-13-8-9-19-10-13)12-14-6-7-16(22-14)18-20-15-4-2-3-5-17(15)23-18/h2-7,13,19H,8-12H2,1H3. The van der Waals surface area contributed by atoms with Gasteiger partial charge in [-0.1, -0.05) is 12.1 Å². The maximum Gasteiger partial charge on any atom is 0.163 e. The van der Waals surface area contributed by atoms with Gasteiger partial charge in [-0.25, -0.2) is 4.98 Å². The van der Waals surface area contributed by atoms with Crippen LogP contribution in [0.4, 0.5) is 0 Å². The SMILES string of the molecule is CN(Cc1ccc(-c2nc3ccccc3s2)o1)CC1CCNC1. The molecule has 5 heteroatoms. The van der Waals surface area contributed by atoms with Gasteiger partial charge in [0.05, 0.1) is 16.8 Å². The fourth-order valence-corrected chi connectivity index (χ4v) is 4.12. The highest BCUT2D eigenvalue weighted by Gasteiger charge is 2.17. The maximum atomic E-state index is 6.03. The average Bonchev–Trinajstić information content (AvgIpc) is 3.26. The highest BCUT2D eigenvalue weighted by Crippen LogP contribution is 2.31. The molecule has 120 valence electrons. The number of furan rings is 1. The Balaban J connectivity index is 1.45. The van der Waals surface area contributed by atoms with E-state index < -0.39 is 0 Å². The second-order valence-electron chi connectivity index (χ2n) is 6.31. The van der Waals surface area contributed by atoms with E-state index in [-0.39, 0.29) is 0 Å². The van der Waals surface area contributed by atoms with Crippen LogP contribution in [0.1, 0.15) is 12.2 Å². The first-order valence-electron chi connectivity index (χ1n) is 8.12. The topological polar surface area (TPSA) is 41.3 Å². The Kier molecular flexibility index (Phi) is 4.16. The molecule has 0 bridgehead atoms. The molecule has 0 radical (unpaired) electrons. The third-order valence-electron chi connectivity index (χ3n) is 4.32. The summed E-state index contributed by atoms with van der Waals surface area (Å²) in [6, 6.07) is 12.3. The first-order valence-corrected chi connectivity index (χ1v) is 8.93. The van der Waals surface area contributed by atoms with Crippen molar-refractivity contribution >= 4 is 21.6 Å². The molecule has 2 aromatic heterocycles. The third kappa shape index (κ3) is 3.32. The van der Waals surface area contributed by atoms with Crippen LogP contribution < -0.4 is 5.32 Å². The van der Waals surface area contributed by atoms with Crippen molar-refractivity contribution in [1.82, 2.24) is 15.2 Å². The Hall–Kier alpha value is -1.69. The summed E-state index contributed by atoms with van der Waals surface area (Å²) in [6.45, 7) is 4.26. The van der Waals surface area contributed by atoms with Crippen molar-refractivity contribution < 1.29 is 4.42 Å². The zero-order valence-electron chi connectivity index (χ0n) is 13.3. The molecule has 4 rings (SSSR count). The zero-order chi connectivity index (χ0) is 15.6. The summed E-state index contributed by atoms with van der Waals surface area (Å²) < 4.78 is 7.23. The van der Waals surface area contributed by atoms with Gasteiger partial charge in [0.15, 0.2) is 10.8 Å². The molecule has 1 N–H and O–H groups in total. The van der Waals surface area contributed by atoms with Gasteiger partial charge in [0, 0.05) is 6.54 Å². The molecule has 1 saturated heterocycles. The van der Waals surface area contributed by atoms with E-state index in [2.05, 4.69) is 34.4 Å². The quantitative estimate of drug-likeness (QED) is 0.777. The van der Waals surface area contributed by atoms with Crippen LogP contribution in [-0.4, -0.2) is 36.6 Å². The van der Waals surface area contributed by atoms with Crippen molar-refractivity contribution in [3.63, 3.8) is 0 Å². The lowest BCUT2D eigenvalue weighted by atomic mass is 10.1. The van der Waals surface area contributed by atoms with Gasteiger partial charge in [0.25, 0.3) is 0 Å². The number of aromatic nitrogens is 1. The molecule has 1 fully saturated rings. The number of nitrogens with one attached hydrogen (secondary N) is 1. The van der Waals surface area contributed by atoms with E-state index in [0.717, 1.165) is 54.1 Å². The van der Waals surface area contributed by atoms with Crippen molar-refractivity contribution in [2.45, 2.75) is 13.0 Å². The predicted molar refractivity (Wildman–Crippen MR) is 94.6 cm³/mol. The van der Waals surface area contributed by atoms with Crippen LogP contribution >= 0.6 is 11.3 Å². The van der Waals surface area contributed by atoms with E-state index in [9.17, 15) is 0 Å². The van der Waals surface area contributed by atoms with Crippen LogP contribution in [0.3, 0.4) is 0 Å². The predicted octanol–water partition coefficient (Wildman–Crippen LogP) is 3.60. The van der Waals surface area contributed by atoms with Crippen LogP contribution in [0.5, 0.6) is 0 Å². The smallest absolute Gasteiger partial charge is 0.163 e.